The van der Waals surface area contributed by atoms with Gasteiger partial charge in [0, 0.05) is 24.4 Å². The van der Waals surface area contributed by atoms with Gasteiger partial charge in [0.2, 0.25) is 0 Å². The molecule has 0 amide bonds. The zero-order valence-corrected chi connectivity index (χ0v) is 11.5. The van der Waals surface area contributed by atoms with Crippen molar-refractivity contribution in [3.8, 4) is 0 Å². The molecule has 0 spiro atoms. The quantitative estimate of drug-likeness (QED) is 0.829. The van der Waals surface area contributed by atoms with Gasteiger partial charge in [0.05, 0.1) is 5.60 Å². The van der Waals surface area contributed by atoms with E-state index in [2.05, 4.69) is 15.9 Å². The van der Waals surface area contributed by atoms with E-state index in [-0.39, 0.29) is 11.4 Å². The lowest BCUT2D eigenvalue weighted by Crippen LogP contribution is -2.27. The molecule has 0 bridgehead atoms. The van der Waals surface area contributed by atoms with Gasteiger partial charge in [0.15, 0.2) is 0 Å². The molecule has 0 atom stereocenters. The molecule has 2 nitrogen and oxygen atoms in total. The van der Waals surface area contributed by atoms with Crippen LogP contribution in [0.25, 0.3) is 0 Å². The van der Waals surface area contributed by atoms with Crippen LogP contribution in [0.3, 0.4) is 0 Å². The van der Waals surface area contributed by atoms with Crippen LogP contribution >= 0.6 is 15.9 Å². The number of benzene rings is 1. The van der Waals surface area contributed by atoms with E-state index < -0.39 is 0 Å². The fourth-order valence-electron chi connectivity index (χ4n) is 1.48. The van der Waals surface area contributed by atoms with Crippen LogP contribution in [0, 0.1) is 0 Å². The summed E-state index contributed by atoms with van der Waals surface area (Å²) in [5.41, 5.74) is 0.662. The highest BCUT2D eigenvalue weighted by molar-refractivity contribution is 9.10. The number of halogens is 1. The maximum Gasteiger partial charge on any atom is 0.140 e. The SMILES string of the molecule is COC(C)(C)CC(=O)Cc1cccc(Br)c1. The first kappa shape index (κ1) is 13.4. The molecule has 0 unspecified atom stereocenters. The Bertz CT molecular complexity index is 372. The van der Waals surface area contributed by atoms with Crippen molar-refractivity contribution < 1.29 is 9.53 Å². The summed E-state index contributed by atoms with van der Waals surface area (Å²) in [4.78, 5) is 11.8. The Morgan fingerprint density at radius 3 is 2.69 bits per heavy atom. The minimum Gasteiger partial charge on any atom is -0.378 e. The summed E-state index contributed by atoms with van der Waals surface area (Å²) in [5, 5.41) is 0. The van der Waals surface area contributed by atoms with Crippen LogP contribution in [0.2, 0.25) is 0 Å². The Labute approximate surface area is 105 Å². The van der Waals surface area contributed by atoms with Gasteiger partial charge in [0.1, 0.15) is 5.78 Å². The Kier molecular flexibility index (Phi) is 4.69. The molecule has 0 radical (unpaired) electrons. The third-order valence-electron chi connectivity index (χ3n) is 2.47. The predicted molar refractivity (Wildman–Crippen MR) is 68.6 cm³/mol. The summed E-state index contributed by atoms with van der Waals surface area (Å²) in [6.07, 6.45) is 0.905. The molecule has 3 heteroatoms. The Hall–Kier alpha value is -0.670. The highest BCUT2D eigenvalue weighted by atomic mass is 79.9. The van der Waals surface area contributed by atoms with E-state index in [0.29, 0.717) is 12.8 Å². The second kappa shape index (κ2) is 5.60. The molecule has 0 heterocycles. The van der Waals surface area contributed by atoms with Crippen molar-refractivity contribution in [2.24, 2.45) is 0 Å². The standard InChI is InChI=1S/C13H17BrO2/c1-13(2,16-3)9-12(15)8-10-5-4-6-11(14)7-10/h4-7H,8-9H2,1-3H3. The van der Waals surface area contributed by atoms with E-state index in [1.807, 2.05) is 38.1 Å². The third kappa shape index (κ3) is 4.45. The van der Waals surface area contributed by atoms with Crippen molar-refractivity contribution in [3.63, 3.8) is 0 Å². The molecule has 0 N–H and O–H groups in total. The highest BCUT2D eigenvalue weighted by Crippen LogP contribution is 2.17. The van der Waals surface area contributed by atoms with E-state index in [9.17, 15) is 4.79 Å². The number of hydrogen-bond acceptors (Lipinski definition) is 2. The molecule has 1 aromatic rings. The van der Waals surface area contributed by atoms with Crippen molar-refractivity contribution in [2.75, 3.05) is 7.11 Å². The average molecular weight is 285 g/mol. The van der Waals surface area contributed by atoms with Crippen molar-refractivity contribution >= 4 is 21.7 Å². The maximum atomic E-state index is 11.8. The predicted octanol–water partition coefficient (Wildman–Crippen LogP) is 3.38. The smallest absolute Gasteiger partial charge is 0.140 e. The summed E-state index contributed by atoms with van der Waals surface area (Å²) in [6, 6.07) is 7.82. The second-order valence-corrected chi connectivity index (χ2v) is 5.40. The maximum absolute atomic E-state index is 11.8. The van der Waals surface area contributed by atoms with Crippen LogP contribution < -0.4 is 0 Å². The van der Waals surface area contributed by atoms with Crippen LogP contribution in [0.15, 0.2) is 28.7 Å². The van der Waals surface area contributed by atoms with Gasteiger partial charge in [-0.25, -0.2) is 0 Å². The molecule has 0 aliphatic heterocycles. The Morgan fingerprint density at radius 1 is 1.44 bits per heavy atom. The van der Waals surface area contributed by atoms with Gasteiger partial charge < -0.3 is 4.74 Å². The molecule has 0 aliphatic rings. The molecule has 0 saturated heterocycles. The lowest BCUT2D eigenvalue weighted by atomic mass is 9.97. The average Bonchev–Trinajstić information content (AvgIpc) is 2.16. The van der Waals surface area contributed by atoms with Crippen LogP contribution in [0.4, 0.5) is 0 Å². The first-order valence-corrected chi connectivity index (χ1v) is 6.03. The first-order chi connectivity index (χ1) is 7.43. The van der Waals surface area contributed by atoms with Crippen molar-refractivity contribution in [1.29, 1.82) is 0 Å². The lowest BCUT2D eigenvalue weighted by Gasteiger charge is -2.21. The zero-order valence-electron chi connectivity index (χ0n) is 9.92. The fraction of sp³-hybridized carbons (Fsp3) is 0.462. The molecule has 0 saturated carbocycles. The van der Waals surface area contributed by atoms with Gasteiger partial charge in [-0.1, -0.05) is 28.1 Å². The van der Waals surface area contributed by atoms with Crippen LogP contribution in [-0.2, 0) is 16.0 Å². The summed E-state index contributed by atoms with van der Waals surface area (Å²) < 4.78 is 6.24. The molecule has 16 heavy (non-hydrogen) atoms. The molecule has 1 rings (SSSR count). The monoisotopic (exact) mass is 284 g/mol. The number of carbonyl (C=O) groups excluding carboxylic acids is 1. The zero-order chi connectivity index (χ0) is 12.2. The summed E-state index contributed by atoms with van der Waals surface area (Å²) in [7, 11) is 1.63. The summed E-state index contributed by atoms with van der Waals surface area (Å²) in [5.74, 6) is 0.199. The first-order valence-electron chi connectivity index (χ1n) is 5.24. The Balaban J connectivity index is 2.59. The summed E-state index contributed by atoms with van der Waals surface area (Å²) >= 11 is 3.39. The van der Waals surface area contributed by atoms with Crippen molar-refractivity contribution in [2.45, 2.75) is 32.3 Å². The van der Waals surface area contributed by atoms with E-state index in [1.165, 1.54) is 0 Å². The topological polar surface area (TPSA) is 26.3 Å². The van der Waals surface area contributed by atoms with Crippen LogP contribution in [-0.4, -0.2) is 18.5 Å². The van der Waals surface area contributed by atoms with Gasteiger partial charge in [-0.2, -0.15) is 0 Å². The van der Waals surface area contributed by atoms with E-state index in [4.69, 9.17) is 4.74 Å². The lowest BCUT2D eigenvalue weighted by molar-refractivity contribution is -0.123. The van der Waals surface area contributed by atoms with Gasteiger partial charge >= 0.3 is 0 Å². The van der Waals surface area contributed by atoms with Gasteiger partial charge in [-0.15, -0.1) is 0 Å². The number of ether oxygens (including phenoxy) is 1. The largest absolute Gasteiger partial charge is 0.378 e. The number of hydrogen-bond donors (Lipinski definition) is 0. The molecular formula is C13H17BrO2. The Morgan fingerprint density at radius 2 is 2.12 bits per heavy atom. The molecule has 88 valence electrons. The number of Topliss-reactive ketones (excluding diaryl/α,β-unsaturated/α-hetero) is 1. The molecule has 0 aromatic heterocycles. The summed E-state index contributed by atoms with van der Waals surface area (Å²) in [6.45, 7) is 3.84. The number of rotatable bonds is 5. The number of ketones is 1. The van der Waals surface area contributed by atoms with Gasteiger partial charge in [-0.05, 0) is 31.5 Å². The van der Waals surface area contributed by atoms with Crippen molar-refractivity contribution in [1.82, 2.24) is 0 Å². The number of methoxy groups -OCH3 is 1. The second-order valence-electron chi connectivity index (χ2n) is 4.49. The molecular weight excluding hydrogens is 268 g/mol. The molecule has 0 fully saturated rings. The minimum atomic E-state index is -0.372. The fourth-order valence-corrected chi connectivity index (χ4v) is 1.93. The minimum absolute atomic E-state index is 0.199. The van der Waals surface area contributed by atoms with Gasteiger partial charge in [-0.3, -0.25) is 4.79 Å². The normalized spacial score (nSPS) is 11.5. The van der Waals surface area contributed by atoms with Crippen LogP contribution in [0.5, 0.6) is 0 Å². The van der Waals surface area contributed by atoms with Crippen LogP contribution in [0.1, 0.15) is 25.8 Å². The van der Waals surface area contributed by atoms with E-state index in [1.54, 1.807) is 7.11 Å². The molecule has 0 aliphatic carbocycles. The van der Waals surface area contributed by atoms with E-state index >= 15 is 0 Å². The highest BCUT2D eigenvalue weighted by Gasteiger charge is 2.20. The van der Waals surface area contributed by atoms with Crippen molar-refractivity contribution in [3.05, 3.63) is 34.3 Å². The van der Waals surface area contributed by atoms with Gasteiger partial charge in [0.25, 0.3) is 0 Å². The van der Waals surface area contributed by atoms with E-state index in [0.717, 1.165) is 10.0 Å². The molecule has 1 aromatic carbocycles. The number of carbonyl (C=O) groups is 1. The third-order valence-corrected chi connectivity index (χ3v) is 2.96.